The largest absolute Gasteiger partial charge is 0.397 e. The van der Waals surface area contributed by atoms with E-state index in [1.54, 1.807) is 11.3 Å². The zero-order valence-electron chi connectivity index (χ0n) is 9.16. The minimum Gasteiger partial charge on any atom is -0.397 e. The fourth-order valence-electron chi connectivity index (χ4n) is 1.56. The summed E-state index contributed by atoms with van der Waals surface area (Å²) in [6.45, 7) is 2.61. The van der Waals surface area contributed by atoms with Gasteiger partial charge in [-0.25, -0.2) is 0 Å². The van der Waals surface area contributed by atoms with Crippen LogP contribution in [0.2, 0.25) is 0 Å². The summed E-state index contributed by atoms with van der Waals surface area (Å²) in [5.41, 5.74) is 14.4. The van der Waals surface area contributed by atoms with Gasteiger partial charge in [0.25, 0.3) is 0 Å². The Morgan fingerprint density at radius 2 is 2.06 bits per heavy atom. The van der Waals surface area contributed by atoms with E-state index in [0.29, 0.717) is 6.54 Å². The summed E-state index contributed by atoms with van der Waals surface area (Å²) in [5.74, 6) is 0. The Morgan fingerprint density at radius 3 is 2.75 bits per heavy atom. The van der Waals surface area contributed by atoms with E-state index in [0.717, 1.165) is 21.9 Å². The van der Waals surface area contributed by atoms with Crippen molar-refractivity contribution in [1.29, 1.82) is 0 Å². The van der Waals surface area contributed by atoms with Crippen LogP contribution in [0.25, 0.3) is 0 Å². The van der Waals surface area contributed by atoms with Crippen LogP contribution in [0.1, 0.15) is 10.4 Å². The van der Waals surface area contributed by atoms with Gasteiger partial charge in [-0.1, -0.05) is 12.1 Å². The Labute approximate surface area is 99.1 Å². The van der Waals surface area contributed by atoms with Crippen LogP contribution in [0.4, 0.5) is 16.4 Å². The summed E-state index contributed by atoms with van der Waals surface area (Å²) in [6, 6.07) is 9.83. The van der Waals surface area contributed by atoms with Crippen LogP contribution in [0, 0.1) is 6.92 Å². The van der Waals surface area contributed by atoms with Crippen LogP contribution in [0.15, 0.2) is 30.3 Å². The molecule has 0 aliphatic carbocycles. The lowest BCUT2D eigenvalue weighted by atomic mass is 10.2. The minimum absolute atomic E-state index is 0.541. The van der Waals surface area contributed by atoms with Gasteiger partial charge in [0.2, 0.25) is 0 Å². The molecule has 4 heteroatoms. The van der Waals surface area contributed by atoms with E-state index >= 15 is 0 Å². The maximum absolute atomic E-state index is 5.88. The number of nitrogens with one attached hydrogen (secondary N) is 1. The molecule has 0 amide bonds. The van der Waals surface area contributed by atoms with Crippen LogP contribution >= 0.6 is 11.3 Å². The molecule has 2 aromatic rings. The Balaban J connectivity index is 2.30. The normalized spacial score (nSPS) is 10.4. The van der Waals surface area contributed by atoms with E-state index in [2.05, 4.69) is 18.3 Å². The van der Waals surface area contributed by atoms with Gasteiger partial charge in [-0.05, 0) is 25.1 Å². The summed E-state index contributed by atoms with van der Waals surface area (Å²) in [7, 11) is 0. The monoisotopic (exact) mass is 233 g/mol. The molecule has 16 heavy (non-hydrogen) atoms. The number of para-hydroxylation sites is 2. The van der Waals surface area contributed by atoms with Gasteiger partial charge >= 0.3 is 0 Å². The van der Waals surface area contributed by atoms with Gasteiger partial charge in [-0.15, -0.1) is 11.3 Å². The molecule has 1 aromatic carbocycles. The Bertz CT molecular complexity index is 491. The molecule has 0 spiro atoms. The highest BCUT2D eigenvalue weighted by Crippen LogP contribution is 2.31. The topological polar surface area (TPSA) is 64.1 Å². The molecule has 0 unspecified atom stereocenters. The SMILES string of the molecule is Cc1cc(CN)c(Nc2ccccc2N)s1. The fraction of sp³-hybridized carbons (Fsp3) is 0.167. The highest BCUT2D eigenvalue weighted by Gasteiger charge is 2.06. The molecule has 3 nitrogen and oxygen atoms in total. The number of rotatable bonds is 3. The van der Waals surface area contributed by atoms with Crippen molar-refractivity contribution in [3.8, 4) is 0 Å². The molecule has 0 atom stereocenters. The molecule has 0 aliphatic rings. The quantitative estimate of drug-likeness (QED) is 0.714. The Kier molecular flexibility index (Phi) is 3.12. The molecule has 0 bridgehead atoms. The summed E-state index contributed by atoms with van der Waals surface area (Å²) in [4.78, 5) is 1.25. The maximum atomic E-state index is 5.88. The molecule has 5 N–H and O–H groups in total. The van der Waals surface area contributed by atoms with Crippen LogP contribution in [0.3, 0.4) is 0 Å². The van der Waals surface area contributed by atoms with Crippen molar-refractivity contribution in [3.63, 3.8) is 0 Å². The van der Waals surface area contributed by atoms with Crippen LogP contribution in [0.5, 0.6) is 0 Å². The van der Waals surface area contributed by atoms with Crippen LogP contribution in [-0.2, 0) is 6.54 Å². The standard InChI is InChI=1S/C12H15N3S/c1-8-6-9(7-13)12(16-8)15-11-5-3-2-4-10(11)14/h2-6,15H,7,13-14H2,1H3. The predicted molar refractivity (Wildman–Crippen MR) is 71.1 cm³/mol. The number of anilines is 3. The second-order valence-electron chi connectivity index (χ2n) is 3.63. The first-order chi connectivity index (χ1) is 7.70. The molecule has 1 aromatic heterocycles. The third kappa shape index (κ3) is 2.18. The summed E-state index contributed by atoms with van der Waals surface area (Å²) < 4.78 is 0. The van der Waals surface area contributed by atoms with Crippen molar-refractivity contribution in [2.24, 2.45) is 5.73 Å². The number of thiophene rings is 1. The van der Waals surface area contributed by atoms with Gasteiger partial charge in [0, 0.05) is 17.0 Å². The van der Waals surface area contributed by atoms with Gasteiger partial charge in [0.1, 0.15) is 0 Å². The third-order valence-electron chi connectivity index (χ3n) is 2.36. The molecular weight excluding hydrogens is 218 g/mol. The second-order valence-corrected chi connectivity index (χ2v) is 4.88. The zero-order valence-corrected chi connectivity index (χ0v) is 9.97. The minimum atomic E-state index is 0.541. The molecule has 0 fully saturated rings. The highest BCUT2D eigenvalue weighted by atomic mass is 32.1. The number of aryl methyl sites for hydroxylation is 1. The van der Waals surface area contributed by atoms with E-state index in [-0.39, 0.29) is 0 Å². The third-order valence-corrected chi connectivity index (χ3v) is 3.37. The summed E-state index contributed by atoms with van der Waals surface area (Å²) in [6.07, 6.45) is 0. The Hall–Kier alpha value is -1.52. The summed E-state index contributed by atoms with van der Waals surface area (Å²) >= 11 is 1.70. The smallest absolute Gasteiger partial charge is 0.0975 e. The van der Waals surface area contributed by atoms with Crippen molar-refractivity contribution in [1.82, 2.24) is 0 Å². The average Bonchev–Trinajstić information content (AvgIpc) is 2.62. The summed E-state index contributed by atoms with van der Waals surface area (Å²) in [5, 5.41) is 4.41. The molecule has 0 saturated heterocycles. The van der Waals surface area contributed by atoms with E-state index in [1.165, 1.54) is 4.88 Å². The van der Waals surface area contributed by atoms with Gasteiger partial charge in [-0.2, -0.15) is 0 Å². The zero-order chi connectivity index (χ0) is 11.5. The highest BCUT2D eigenvalue weighted by molar-refractivity contribution is 7.16. The van der Waals surface area contributed by atoms with Gasteiger partial charge < -0.3 is 16.8 Å². The molecule has 0 saturated carbocycles. The average molecular weight is 233 g/mol. The molecule has 2 rings (SSSR count). The predicted octanol–water partition coefficient (Wildman–Crippen LogP) is 2.84. The van der Waals surface area contributed by atoms with E-state index < -0.39 is 0 Å². The number of nitrogens with two attached hydrogens (primary N) is 2. The number of benzene rings is 1. The van der Waals surface area contributed by atoms with Crippen LogP contribution in [-0.4, -0.2) is 0 Å². The van der Waals surface area contributed by atoms with Crippen molar-refractivity contribution in [2.45, 2.75) is 13.5 Å². The van der Waals surface area contributed by atoms with Crippen molar-refractivity contribution in [2.75, 3.05) is 11.1 Å². The maximum Gasteiger partial charge on any atom is 0.0975 e. The second kappa shape index (κ2) is 4.55. The van der Waals surface area contributed by atoms with E-state index in [4.69, 9.17) is 11.5 Å². The molecule has 84 valence electrons. The first-order valence-corrected chi connectivity index (χ1v) is 5.93. The number of hydrogen-bond donors (Lipinski definition) is 3. The molecular formula is C12H15N3S. The number of nitrogen functional groups attached to an aromatic ring is 1. The van der Waals surface area contributed by atoms with Gasteiger partial charge in [-0.3, -0.25) is 0 Å². The molecule has 0 aliphatic heterocycles. The van der Waals surface area contributed by atoms with Crippen molar-refractivity contribution in [3.05, 3.63) is 40.8 Å². The lowest BCUT2D eigenvalue weighted by Gasteiger charge is -2.08. The molecule has 1 heterocycles. The first-order valence-electron chi connectivity index (χ1n) is 5.11. The van der Waals surface area contributed by atoms with E-state index in [9.17, 15) is 0 Å². The van der Waals surface area contributed by atoms with Crippen molar-refractivity contribution >= 4 is 27.7 Å². The first kappa shape index (κ1) is 11.0. The van der Waals surface area contributed by atoms with E-state index in [1.807, 2.05) is 24.3 Å². The fourth-order valence-corrected chi connectivity index (χ4v) is 2.51. The number of hydrogen-bond acceptors (Lipinski definition) is 4. The lowest BCUT2D eigenvalue weighted by molar-refractivity contribution is 1.08. The van der Waals surface area contributed by atoms with Crippen LogP contribution < -0.4 is 16.8 Å². The van der Waals surface area contributed by atoms with Gasteiger partial charge in [0.05, 0.1) is 16.4 Å². The van der Waals surface area contributed by atoms with Crippen molar-refractivity contribution < 1.29 is 0 Å². The Morgan fingerprint density at radius 1 is 1.31 bits per heavy atom. The molecule has 0 radical (unpaired) electrons. The van der Waals surface area contributed by atoms with Gasteiger partial charge in [0.15, 0.2) is 0 Å². The lowest BCUT2D eigenvalue weighted by Crippen LogP contribution is -2.00.